The van der Waals surface area contributed by atoms with Gasteiger partial charge in [-0.3, -0.25) is 9.69 Å². The summed E-state index contributed by atoms with van der Waals surface area (Å²) in [6.07, 6.45) is 0.999. The Morgan fingerprint density at radius 3 is 2.29 bits per heavy atom. The molecule has 0 bridgehead atoms. The van der Waals surface area contributed by atoms with Crippen molar-refractivity contribution in [2.24, 2.45) is 0 Å². The first-order valence-electron chi connectivity index (χ1n) is 8.13. The molecule has 1 aliphatic rings. The Balaban J connectivity index is 1.48. The van der Waals surface area contributed by atoms with Gasteiger partial charge in [-0.15, -0.1) is 0 Å². The summed E-state index contributed by atoms with van der Waals surface area (Å²) < 4.78 is 0. The second-order valence-corrected chi connectivity index (χ2v) is 6.89. The molecule has 1 fully saturated rings. The fourth-order valence-electron chi connectivity index (χ4n) is 2.92. The van der Waals surface area contributed by atoms with Crippen LogP contribution in [0.1, 0.15) is 15.9 Å². The fourth-order valence-corrected chi connectivity index (χ4v) is 3.23. The molecular formula is C19H20Cl2N2O. The fraction of sp³-hybridized carbons (Fsp3) is 0.316. The maximum atomic E-state index is 12.5. The quantitative estimate of drug-likeness (QED) is 0.820. The first-order valence-corrected chi connectivity index (χ1v) is 8.89. The number of hydrogen-bond donors (Lipinski definition) is 0. The molecule has 0 atom stereocenters. The van der Waals surface area contributed by atoms with Gasteiger partial charge in [-0.1, -0.05) is 41.4 Å². The highest BCUT2D eigenvalue weighted by atomic mass is 35.5. The summed E-state index contributed by atoms with van der Waals surface area (Å²) in [6, 6.07) is 15.2. The lowest BCUT2D eigenvalue weighted by Gasteiger charge is -2.34. The van der Waals surface area contributed by atoms with Crippen LogP contribution >= 0.6 is 23.2 Å². The van der Waals surface area contributed by atoms with E-state index in [1.165, 1.54) is 5.56 Å². The second kappa shape index (κ2) is 8.02. The average molecular weight is 363 g/mol. The molecule has 3 rings (SSSR count). The van der Waals surface area contributed by atoms with Crippen LogP contribution in [0.5, 0.6) is 0 Å². The monoisotopic (exact) mass is 362 g/mol. The third-order valence-corrected chi connectivity index (χ3v) is 4.85. The van der Waals surface area contributed by atoms with Crippen molar-refractivity contribution >= 4 is 29.1 Å². The third-order valence-electron chi connectivity index (χ3n) is 4.36. The molecule has 126 valence electrons. The van der Waals surface area contributed by atoms with Crippen LogP contribution in [0.2, 0.25) is 10.0 Å². The van der Waals surface area contributed by atoms with E-state index in [0.29, 0.717) is 10.6 Å². The van der Waals surface area contributed by atoms with E-state index in [1.807, 2.05) is 29.2 Å². The molecule has 0 unspecified atom stereocenters. The number of halogens is 2. The lowest BCUT2D eigenvalue weighted by atomic mass is 10.1. The van der Waals surface area contributed by atoms with Crippen LogP contribution in [0.3, 0.4) is 0 Å². The van der Waals surface area contributed by atoms with Gasteiger partial charge in [0.25, 0.3) is 5.91 Å². The number of amides is 1. The molecule has 0 saturated carbocycles. The number of benzene rings is 2. The Kier molecular flexibility index (Phi) is 5.77. The molecule has 0 radical (unpaired) electrons. The molecule has 1 aliphatic heterocycles. The Morgan fingerprint density at radius 2 is 1.62 bits per heavy atom. The molecule has 2 aromatic carbocycles. The van der Waals surface area contributed by atoms with E-state index in [2.05, 4.69) is 17.0 Å². The predicted octanol–water partition coefficient (Wildman–Crippen LogP) is 3.99. The second-order valence-electron chi connectivity index (χ2n) is 6.02. The highest BCUT2D eigenvalue weighted by molar-refractivity contribution is 6.31. The van der Waals surface area contributed by atoms with E-state index in [4.69, 9.17) is 23.2 Å². The molecule has 3 nitrogen and oxygen atoms in total. The van der Waals surface area contributed by atoms with Crippen LogP contribution in [-0.2, 0) is 6.42 Å². The van der Waals surface area contributed by atoms with Crippen LogP contribution in [0.4, 0.5) is 0 Å². The minimum Gasteiger partial charge on any atom is -0.336 e. The normalized spacial score (nSPS) is 15.5. The number of hydrogen-bond acceptors (Lipinski definition) is 2. The number of piperazine rings is 1. The maximum absolute atomic E-state index is 12.5. The molecule has 24 heavy (non-hydrogen) atoms. The van der Waals surface area contributed by atoms with E-state index in [1.54, 1.807) is 12.1 Å². The van der Waals surface area contributed by atoms with Crippen LogP contribution in [0.15, 0.2) is 48.5 Å². The minimum absolute atomic E-state index is 0.0647. The van der Waals surface area contributed by atoms with Crippen molar-refractivity contribution in [2.45, 2.75) is 6.42 Å². The van der Waals surface area contributed by atoms with E-state index < -0.39 is 0 Å². The number of rotatable bonds is 4. The van der Waals surface area contributed by atoms with Crippen LogP contribution in [-0.4, -0.2) is 48.4 Å². The standard InChI is InChI=1S/C19H20Cl2N2O/c20-17-6-4-15(5-7-17)8-9-22-10-12-23(13-11-22)19(24)16-2-1-3-18(21)14-16/h1-7,14H,8-13H2. The zero-order chi connectivity index (χ0) is 16.9. The average Bonchev–Trinajstić information content (AvgIpc) is 2.61. The molecule has 1 heterocycles. The summed E-state index contributed by atoms with van der Waals surface area (Å²) in [5.41, 5.74) is 1.95. The molecule has 0 N–H and O–H groups in total. The van der Waals surface area contributed by atoms with E-state index in [-0.39, 0.29) is 5.91 Å². The number of carbonyl (C=O) groups is 1. The van der Waals surface area contributed by atoms with Crippen molar-refractivity contribution in [2.75, 3.05) is 32.7 Å². The molecule has 0 aliphatic carbocycles. The lowest BCUT2D eigenvalue weighted by molar-refractivity contribution is 0.0638. The molecule has 0 spiro atoms. The summed E-state index contributed by atoms with van der Waals surface area (Å²) >= 11 is 11.9. The molecule has 0 aromatic heterocycles. The summed E-state index contributed by atoms with van der Waals surface area (Å²) in [6.45, 7) is 4.32. The Labute approximate surface area is 152 Å². The SMILES string of the molecule is O=C(c1cccc(Cl)c1)N1CCN(CCc2ccc(Cl)cc2)CC1. The van der Waals surface area contributed by atoms with Crippen molar-refractivity contribution in [1.29, 1.82) is 0 Å². The van der Waals surface area contributed by atoms with E-state index >= 15 is 0 Å². The molecule has 1 saturated heterocycles. The Hall–Kier alpha value is -1.55. The van der Waals surface area contributed by atoms with Gasteiger partial charge in [0.1, 0.15) is 0 Å². The zero-order valence-corrected chi connectivity index (χ0v) is 14.9. The van der Waals surface area contributed by atoms with Crippen molar-refractivity contribution in [1.82, 2.24) is 9.80 Å². The van der Waals surface area contributed by atoms with E-state index in [0.717, 1.165) is 44.2 Å². The molecule has 5 heteroatoms. The summed E-state index contributed by atoms with van der Waals surface area (Å²) in [7, 11) is 0. The Bertz CT molecular complexity index is 695. The first-order chi connectivity index (χ1) is 11.6. The van der Waals surface area contributed by atoms with Crippen LogP contribution in [0, 0.1) is 0 Å². The molecule has 1 amide bonds. The molecule has 2 aromatic rings. The van der Waals surface area contributed by atoms with Gasteiger partial charge in [-0.2, -0.15) is 0 Å². The van der Waals surface area contributed by atoms with Crippen molar-refractivity contribution < 1.29 is 4.79 Å². The smallest absolute Gasteiger partial charge is 0.253 e. The highest BCUT2D eigenvalue weighted by Crippen LogP contribution is 2.15. The van der Waals surface area contributed by atoms with Crippen LogP contribution < -0.4 is 0 Å². The van der Waals surface area contributed by atoms with Crippen molar-refractivity contribution in [3.63, 3.8) is 0 Å². The predicted molar refractivity (Wildman–Crippen MR) is 99.0 cm³/mol. The third kappa shape index (κ3) is 4.50. The minimum atomic E-state index is 0.0647. The van der Waals surface area contributed by atoms with Crippen LogP contribution in [0.25, 0.3) is 0 Å². The largest absolute Gasteiger partial charge is 0.336 e. The topological polar surface area (TPSA) is 23.6 Å². The first kappa shape index (κ1) is 17.3. The van der Waals surface area contributed by atoms with E-state index in [9.17, 15) is 4.79 Å². The van der Waals surface area contributed by atoms with Gasteiger partial charge in [-0.25, -0.2) is 0 Å². The number of nitrogens with zero attached hydrogens (tertiary/aromatic N) is 2. The van der Waals surface area contributed by atoms with Gasteiger partial charge in [0.05, 0.1) is 0 Å². The highest BCUT2D eigenvalue weighted by Gasteiger charge is 2.21. The van der Waals surface area contributed by atoms with Gasteiger partial charge in [0.15, 0.2) is 0 Å². The summed E-state index contributed by atoms with van der Waals surface area (Å²) in [5, 5.41) is 1.37. The van der Waals surface area contributed by atoms with Crippen molar-refractivity contribution in [3.8, 4) is 0 Å². The van der Waals surface area contributed by atoms with Gasteiger partial charge in [-0.05, 0) is 42.3 Å². The van der Waals surface area contributed by atoms with Gasteiger partial charge in [0, 0.05) is 48.3 Å². The van der Waals surface area contributed by atoms with Crippen molar-refractivity contribution in [3.05, 3.63) is 69.7 Å². The molecular weight excluding hydrogens is 343 g/mol. The maximum Gasteiger partial charge on any atom is 0.253 e. The summed E-state index contributed by atoms with van der Waals surface area (Å²) in [4.78, 5) is 16.8. The van der Waals surface area contributed by atoms with Gasteiger partial charge in [0.2, 0.25) is 0 Å². The summed E-state index contributed by atoms with van der Waals surface area (Å²) in [5.74, 6) is 0.0647. The lowest BCUT2D eigenvalue weighted by Crippen LogP contribution is -2.49. The Morgan fingerprint density at radius 1 is 0.917 bits per heavy atom. The van der Waals surface area contributed by atoms with Gasteiger partial charge >= 0.3 is 0 Å². The zero-order valence-electron chi connectivity index (χ0n) is 13.4. The van der Waals surface area contributed by atoms with Gasteiger partial charge < -0.3 is 4.90 Å². The number of carbonyl (C=O) groups excluding carboxylic acids is 1.